The molecular formula is H21NaO30Si10. The van der Waals surface area contributed by atoms with Gasteiger partial charge in [0.05, 0.1) is 0 Å². The molecule has 0 aromatic heterocycles. The molecule has 41 heavy (non-hydrogen) atoms. The predicted octanol–water partition coefficient (Wildman–Crippen LogP) is -16.8. The maximum atomic E-state index is 8.74. The Morgan fingerprint density at radius 1 is 0.171 bits per heavy atom. The van der Waals surface area contributed by atoms with Crippen LogP contribution in [0.4, 0.5) is 0 Å². The summed E-state index contributed by atoms with van der Waals surface area (Å²) in [5.74, 6) is 0. The third kappa shape index (κ3) is 5740. The zero-order chi connectivity index (χ0) is 35.8. The van der Waals surface area contributed by atoms with Crippen molar-refractivity contribution in [2.24, 2.45) is 0 Å². The Hall–Kier alpha value is -2.83. The third-order valence-electron chi connectivity index (χ3n) is 0. The van der Waals surface area contributed by atoms with Crippen LogP contribution in [0.2, 0.25) is 0 Å². The second-order valence-corrected chi connectivity index (χ2v) is 8.48. The van der Waals surface area contributed by atoms with Gasteiger partial charge in [-0.1, -0.05) is 0 Å². The van der Waals surface area contributed by atoms with E-state index < -0.39 is 91.7 Å². The summed E-state index contributed by atoms with van der Waals surface area (Å²) in [6, 6.07) is 0. The average Bonchev–Trinajstić information content (AvgIpc) is 2.47. The predicted molar refractivity (Wildman–Crippen MR) is 116 cm³/mol. The molecule has 20 N–H and O–H groups in total. The zero-order valence-corrected chi connectivity index (χ0v) is 28.0. The minimum atomic E-state index is -3.13. The van der Waals surface area contributed by atoms with Crippen molar-refractivity contribution in [2.75, 3.05) is 0 Å². The molecule has 0 aliphatic heterocycles. The molecule has 0 atom stereocenters. The Labute approximate surface area is 260 Å². The second kappa shape index (κ2) is 65.9. The quantitative estimate of drug-likeness (QED) is 0.101. The molecule has 0 fully saturated rings. The van der Waals surface area contributed by atoms with Crippen LogP contribution in [-0.4, -0.2) is 217 Å². The van der Waals surface area contributed by atoms with E-state index in [1.807, 2.05) is 0 Å². The number of hydrogen-bond acceptors (Lipinski definition) is 10. The Bertz CT molecular complexity index is 469. The van der Waals surface area contributed by atoms with Gasteiger partial charge in [-0.15, -0.1) is 0 Å². The molecule has 0 amide bonds. The molecule has 0 aliphatic carbocycles. The van der Waals surface area contributed by atoms with E-state index in [1.54, 1.807) is 0 Å². The first kappa shape index (κ1) is 71.4. The molecule has 0 radical (unpaired) electrons. The van der Waals surface area contributed by atoms with Gasteiger partial charge in [-0.05, 0) is 0 Å². The van der Waals surface area contributed by atoms with Crippen LogP contribution >= 0.6 is 0 Å². The molecule has 0 rings (SSSR count). The minimum absolute atomic E-state index is 0. The second-order valence-electron chi connectivity index (χ2n) is 2.83. The van der Waals surface area contributed by atoms with Crippen molar-refractivity contribution < 1.29 is 141 Å². The van der Waals surface area contributed by atoms with Crippen molar-refractivity contribution in [2.45, 2.75) is 0 Å². The molecule has 0 unspecified atom stereocenters. The molecule has 0 saturated carbocycles. The van der Waals surface area contributed by atoms with E-state index in [-0.39, 0.29) is 29.6 Å². The third-order valence-corrected chi connectivity index (χ3v) is 0. The summed E-state index contributed by atoms with van der Waals surface area (Å²) in [7, 11) is -31.3. The van der Waals surface area contributed by atoms with Crippen molar-refractivity contribution in [1.29, 1.82) is 0 Å². The van der Waals surface area contributed by atoms with Gasteiger partial charge in [0.1, 0.15) is 0 Å². The molecule has 0 aliphatic rings. The van der Waals surface area contributed by atoms with Crippen LogP contribution in [-0.2, 0) is 44.6 Å². The molecule has 30 nitrogen and oxygen atoms in total. The van der Waals surface area contributed by atoms with Gasteiger partial charge in [0.2, 0.25) is 0 Å². The molecule has 0 aromatic rings. The van der Waals surface area contributed by atoms with Crippen LogP contribution in [0.3, 0.4) is 0 Å². The molecular weight excluding hydrogens is 784 g/mol. The fourth-order valence-corrected chi connectivity index (χ4v) is 0. The number of rotatable bonds is 0. The summed E-state index contributed by atoms with van der Waals surface area (Å²) >= 11 is 0. The Morgan fingerprint density at radius 2 is 0.171 bits per heavy atom. The van der Waals surface area contributed by atoms with Crippen molar-refractivity contribution in [1.82, 2.24) is 0 Å². The number of hydrogen-bond donors (Lipinski definition) is 20. The van der Waals surface area contributed by atoms with Gasteiger partial charge >= 0.3 is 121 Å². The van der Waals surface area contributed by atoms with Crippen LogP contribution < -0.4 is 0 Å². The summed E-state index contributed by atoms with van der Waals surface area (Å²) in [4.78, 5) is 143. The molecule has 0 spiro atoms. The van der Waals surface area contributed by atoms with Gasteiger partial charge in [-0.3, -0.25) is 44.6 Å². The standard InChI is InChI=1S/Na.10H2O3Si.H/c;10*1-4(2)3;/h;10*1-2H;. The van der Waals surface area contributed by atoms with Gasteiger partial charge in [0.15, 0.2) is 0 Å². The molecule has 41 heteroatoms. The molecule has 0 bridgehead atoms. The van der Waals surface area contributed by atoms with E-state index in [0.717, 1.165) is 0 Å². The van der Waals surface area contributed by atoms with Gasteiger partial charge in [0, 0.05) is 0 Å². The van der Waals surface area contributed by atoms with Crippen LogP contribution in [0.5, 0.6) is 0 Å². The van der Waals surface area contributed by atoms with E-state index in [4.69, 9.17) is 141 Å². The molecule has 242 valence electrons. The van der Waals surface area contributed by atoms with E-state index in [1.165, 1.54) is 0 Å². The summed E-state index contributed by atoms with van der Waals surface area (Å²) in [5, 5.41) is 0. The fourth-order valence-electron chi connectivity index (χ4n) is 0. The summed E-state index contributed by atoms with van der Waals surface area (Å²) < 4.78 is 87.4. The fraction of sp³-hybridized carbons (Fsp3) is 0. The van der Waals surface area contributed by atoms with Crippen molar-refractivity contribution >= 4 is 121 Å². The van der Waals surface area contributed by atoms with Crippen molar-refractivity contribution in [3.05, 3.63) is 0 Å². The Balaban J connectivity index is -0.0000000270. The first-order valence-corrected chi connectivity index (χ1v) is 19.5. The first-order chi connectivity index (χ1) is 17.3. The molecule has 0 saturated heterocycles. The van der Waals surface area contributed by atoms with Crippen LogP contribution in [0.1, 0.15) is 0 Å². The molecule has 0 aromatic carbocycles. The van der Waals surface area contributed by atoms with Gasteiger partial charge in [-0.2, -0.15) is 0 Å². The van der Waals surface area contributed by atoms with Crippen molar-refractivity contribution in [3.8, 4) is 0 Å². The van der Waals surface area contributed by atoms with Gasteiger partial charge in [-0.25, -0.2) is 0 Å². The molecule has 0 heterocycles. The van der Waals surface area contributed by atoms with Gasteiger partial charge in [0.25, 0.3) is 0 Å². The van der Waals surface area contributed by atoms with Crippen molar-refractivity contribution in [3.63, 3.8) is 0 Å². The van der Waals surface area contributed by atoms with Gasteiger partial charge < -0.3 is 95.9 Å². The van der Waals surface area contributed by atoms with E-state index in [9.17, 15) is 0 Å². The van der Waals surface area contributed by atoms with Crippen LogP contribution in [0.15, 0.2) is 0 Å². The Morgan fingerprint density at radius 3 is 0.171 bits per heavy atom. The zero-order valence-electron chi connectivity index (χ0n) is 18.0. The average molecular weight is 805 g/mol. The SMILES string of the molecule is O=[Si](O)O.O=[Si](O)O.O=[Si](O)O.O=[Si](O)O.O=[Si](O)O.O=[Si](O)O.O=[Si](O)O.O=[Si](O)O.O=[Si](O)O.O=[Si](O)O.[NaH]. The monoisotopic (exact) mass is 804 g/mol. The van der Waals surface area contributed by atoms with E-state index in [2.05, 4.69) is 0 Å². The van der Waals surface area contributed by atoms with E-state index in [0.29, 0.717) is 0 Å². The topological polar surface area (TPSA) is 575 Å². The normalized spacial score (nSPS) is 5.85. The Kier molecular flexibility index (Phi) is 115. The summed E-state index contributed by atoms with van der Waals surface area (Å²) in [6.07, 6.45) is 0. The maximum absolute atomic E-state index is 8.74. The van der Waals surface area contributed by atoms with Crippen LogP contribution in [0.25, 0.3) is 0 Å². The van der Waals surface area contributed by atoms with Crippen LogP contribution in [0, 0.1) is 0 Å². The summed E-state index contributed by atoms with van der Waals surface area (Å²) in [6.45, 7) is 0. The summed E-state index contributed by atoms with van der Waals surface area (Å²) in [5.41, 5.74) is 0. The first-order valence-electron chi connectivity index (χ1n) is 6.51. The van der Waals surface area contributed by atoms with E-state index >= 15 is 0 Å².